The van der Waals surface area contributed by atoms with Gasteiger partial charge >= 0.3 is 0 Å². The van der Waals surface area contributed by atoms with Crippen molar-refractivity contribution in [2.45, 2.75) is 38.6 Å². The van der Waals surface area contributed by atoms with Crippen LogP contribution in [0.3, 0.4) is 0 Å². The average Bonchev–Trinajstić information content (AvgIpc) is 2.82. The number of hydrogen-bond donors (Lipinski definition) is 1. The molecule has 0 unspecified atom stereocenters. The first-order valence-corrected chi connectivity index (χ1v) is 9.80. The van der Waals surface area contributed by atoms with E-state index in [1.54, 1.807) is 19.4 Å². The molecule has 9 heteroatoms. The second-order valence-electron chi connectivity index (χ2n) is 6.08. The van der Waals surface area contributed by atoms with Crippen molar-refractivity contribution >= 4 is 32.9 Å². The van der Waals surface area contributed by atoms with Gasteiger partial charge in [0, 0.05) is 25.0 Å². The Bertz CT molecular complexity index is 817. The number of nitrogens with zero attached hydrogens (tertiary/aromatic N) is 4. The van der Waals surface area contributed by atoms with Crippen LogP contribution in [-0.2, 0) is 23.3 Å². The zero-order valence-corrected chi connectivity index (χ0v) is 15.8. The fourth-order valence-electron chi connectivity index (χ4n) is 2.37. The molecule has 0 fully saturated rings. The van der Waals surface area contributed by atoms with Crippen molar-refractivity contribution in [3.8, 4) is 0 Å². The molecule has 24 heavy (non-hydrogen) atoms. The third-order valence-corrected chi connectivity index (χ3v) is 5.43. The molecule has 0 spiro atoms. The molecule has 0 aromatic carbocycles. The number of nitrogens with one attached hydrogen (secondary N) is 1. The molecule has 7 nitrogen and oxygen atoms in total. The van der Waals surface area contributed by atoms with E-state index in [0.29, 0.717) is 11.5 Å². The van der Waals surface area contributed by atoms with Gasteiger partial charge in [-0.3, -0.25) is 4.68 Å². The van der Waals surface area contributed by atoms with Gasteiger partial charge < -0.3 is 5.32 Å². The van der Waals surface area contributed by atoms with Gasteiger partial charge in [0.15, 0.2) is 9.84 Å². The predicted molar refractivity (Wildman–Crippen MR) is 94.4 cm³/mol. The maximum atomic E-state index is 12.6. The Balaban J connectivity index is 2.43. The fourth-order valence-corrected chi connectivity index (χ4v) is 4.24. The van der Waals surface area contributed by atoms with E-state index >= 15 is 0 Å². The lowest BCUT2D eigenvalue weighted by Crippen LogP contribution is -2.14. The predicted octanol–water partition coefficient (Wildman–Crippen LogP) is 2.99. The Morgan fingerprint density at radius 2 is 2.08 bits per heavy atom. The summed E-state index contributed by atoms with van der Waals surface area (Å²) >= 11 is 5.89. The molecule has 2 aromatic rings. The molecule has 0 saturated carbocycles. The molecular weight excluding hydrogens is 350 g/mol. The van der Waals surface area contributed by atoms with Crippen molar-refractivity contribution < 1.29 is 8.42 Å². The number of aromatic nitrogens is 4. The molecule has 1 N–H and O–H groups in total. The summed E-state index contributed by atoms with van der Waals surface area (Å²) in [6.45, 7) is 5.76. The van der Waals surface area contributed by atoms with E-state index in [-0.39, 0.29) is 22.0 Å². The lowest BCUT2D eigenvalue weighted by molar-refractivity contribution is 0.575. The van der Waals surface area contributed by atoms with E-state index in [0.717, 1.165) is 18.4 Å². The van der Waals surface area contributed by atoms with Gasteiger partial charge in [0.25, 0.3) is 0 Å². The summed E-state index contributed by atoms with van der Waals surface area (Å²) in [4.78, 5) is 8.18. The lowest BCUT2D eigenvalue weighted by Gasteiger charge is -2.11. The molecule has 0 atom stereocenters. The van der Waals surface area contributed by atoms with Crippen LogP contribution >= 0.6 is 11.6 Å². The second kappa shape index (κ2) is 7.48. The van der Waals surface area contributed by atoms with Crippen molar-refractivity contribution in [1.82, 2.24) is 19.7 Å². The van der Waals surface area contributed by atoms with Gasteiger partial charge in [0.2, 0.25) is 10.3 Å². The highest BCUT2D eigenvalue weighted by molar-refractivity contribution is 7.91. The van der Waals surface area contributed by atoms with Crippen LogP contribution in [0, 0.1) is 5.92 Å². The minimum Gasteiger partial charge on any atom is -0.336 e. The Hall–Kier alpha value is -1.67. The first-order valence-electron chi connectivity index (χ1n) is 7.77. The topological polar surface area (TPSA) is 89.8 Å². The van der Waals surface area contributed by atoms with Crippen LogP contribution in [0.25, 0.3) is 0 Å². The highest BCUT2D eigenvalue weighted by Crippen LogP contribution is 2.27. The van der Waals surface area contributed by atoms with E-state index in [1.165, 1.54) is 4.68 Å². The average molecular weight is 372 g/mol. The molecule has 0 aliphatic carbocycles. The number of hydrogen-bond acceptors (Lipinski definition) is 6. The monoisotopic (exact) mass is 371 g/mol. The number of halogens is 1. The molecule has 0 radical (unpaired) electrons. The van der Waals surface area contributed by atoms with Crippen molar-refractivity contribution in [2.24, 2.45) is 13.0 Å². The van der Waals surface area contributed by atoms with Crippen molar-refractivity contribution in [1.29, 1.82) is 0 Å². The largest absolute Gasteiger partial charge is 0.336 e. The summed E-state index contributed by atoms with van der Waals surface area (Å²) in [7, 11) is -1.82. The van der Waals surface area contributed by atoms with Crippen LogP contribution in [0.5, 0.6) is 0 Å². The zero-order chi connectivity index (χ0) is 17.9. The molecule has 0 aliphatic heterocycles. The van der Waals surface area contributed by atoms with E-state index < -0.39 is 9.84 Å². The molecule has 0 aliphatic rings. The Morgan fingerprint density at radius 1 is 1.38 bits per heavy atom. The molecule has 0 bridgehead atoms. The van der Waals surface area contributed by atoms with E-state index in [1.807, 2.05) is 20.8 Å². The third kappa shape index (κ3) is 4.45. The van der Waals surface area contributed by atoms with Crippen LogP contribution in [0.1, 0.15) is 32.8 Å². The molecule has 0 amide bonds. The Kier molecular flexibility index (Phi) is 5.82. The van der Waals surface area contributed by atoms with Gasteiger partial charge in [-0.1, -0.05) is 27.2 Å². The van der Waals surface area contributed by atoms with Crippen molar-refractivity contribution in [3.05, 3.63) is 23.2 Å². The SMILES string of the molecule is CCCc1cnc(Cl)nc1Nc1cn(C)nc1S(=O)(=O)CC(C)C. The summed E-state index contributed by atoms with van der Waals surface area (Å²) in [5.74, 6) is 0.547. The molecule has 2 rings (SSSR count). The molecule has 2 aromatic heterocycles. The van der Waals surface area contributed by atoms with E-state index in [2.05, 4.69) is 20.4 Å². The van der Waals surface area contributed by atoms with Gasteiger partial charge in [-0.2, -0.15) is 5.10 Å². The maximum Gasteiger partial charge on any atom is 0.224 e. The summed E-state index contributed by atoms with van der Waals surface area (Å²) in [5, 5.41) is 7.32. The minimum absolute atomic E-state index is 0.00834. The number of anilines is 2. The van der Waals surface area contributed by atoms with Crippen LogP contribution < -0.4 is 5.32 Å². The summed E-state index contributed by atoms with van der Waals surface area (Å²) in [6, 6.07) is 0. The normalized spacial score (nSPS) is 11.9. The minimum atomic E-state index is -3.50. The highest BCUT2D eigenvalue weighted by Gasteiger charge is 2.25. The maximum absolute atomic E-state index is 12.6. The molecular formula is C15H22ClN5O2S. The quantitative estimate of drug-likeness (QED) is 0.752. The van der Waals surface area contributed by atoms with Crippen molar-refractivity contribution in [2.75, 3.05) is 11.1 Å². The van der Waals surface area contributed by atoms with Gasteiger partial charge in [0.05, 0.1) is 11.4 Å². The van der Waals surface area contributed by atoms with Gasteiger partial charge in [-0.15, -0.1) is 0 Å². The summed E-state index contributed by atoms with van der Waals surface area (Å²) in [5.41, 5.74) is 1.27. The lowest BCUT2D eigenvalue weighted by atomic mass is 10.2. The number of rotatable bonds is 7. The summed E-state index contributed by atoms with van der Waals surface area (Å²) < 4.78 is 26.6. The van der Waals surface area contributed by atoms with Crippen LogP contribution in [0.15, 0.2) is 17.4 Å². The molecule has 132 valence electrons. The summed E-state index contributed by atoms with van der Waals surface area (Å²) in [6.07, 6.45) is 4.94. The second-order valence-corrected chi connectivity index (χ2v) is 8.37. The number of sulfone groups is 1. The Morgan fingerprint density at radius 3 is 2.71 bits per heavy atom. The standard InChI is InChI=1S/C15H22ClN5O2S/c1-5-6-11-7-17-15(16)19-13(11)18-12-8-21(4)20-14(12)24(22,23)9-10(2)3/h7-8,10H,5-6,9H2,1-4H3,(H,17,18,19). The van der Waals surface area contributed by atoms with Gasteiger partial charge in [-0.25, -0.2) is 18.4 Å². The number of aryl methyl sites for hydroxylation is 2. The van der Waals surface area contributed by atoms with Crippen LogP contribution in [-0.4, -0.2) is 33.9 Å². The fraction of sp³-hybridized carbons (Fsp3) is 0.533. The third-order valence-electron chi connectivity index (χ3n) is 3.25. The Labute approximate surface area is 147 Å². The first-order chi connectivity index (χ1) is 11.2. The highest BCUT2D eigenvalue weighted by atomic mass is 35.5. The smallest absolute Gasteiger partial charge is 0.224 e. The van der Waals surface area contributed by atoms with E-state index in [9.17, 15) is 8.42 Å². The molecule has 0 saturated heterocycles. The van der Waals surface area contributed by atoms with Gasteiger partial charge in [0.1, 0.15) is 5.82 Å². The molecule has 2 heterocycles. The zero-order valence-electron chi connectivity index (χ0n) is 14.2. The van der Waals surface area contributed by atoms with Crippen LogP contribution in [0.2, 0.25) is 5.28 Å². The van der Waals surface area contributed by atoms with E-state index in [4.69, 9.17) is 11.6 Å². The first kappa shape index (κ1) is 18.7. The van der Waals surface area contributed by atoms with Crippen LogP contribution in [0.4, 0.5) is 11.5 Å². The van der Waals surface area contributed by atoms with Gasteiger partial charge in [-0.05, 0) is 23.9 Å². The van der Waals surface area contributed by atoms with Crippen molar-refractivity contribution in [3.63, 3.8) is 0 Å².